The van der Waals surface area contributed by atoms with Crippen molar-refractivity contribution < 1.29 is 13.2 Å². The minimum absolute atomic E-state index is 0.277. The molecule has 0 saturated heterocycles. The maximum atomic E-state index is 11.5. The van der Waals surface area contributed by atoms with E-state index < -0.39 is 9.84 Å². The highest BCUT2D eigenvalue weighted by Crippen LogP contribution is 2.21. The molecule has 118 valence electrons. The molecule has 3 rings (SSSR count). The van der Waals surface area contributed by atoms with Crippen LogP contribution in [-0.2, 0) is 16.4 Å². The van der Waals surface area contributed by atoms with E-state index in [-0.39, 0.29) is 4.90 Å². The summed E-state index contributed by atoms with van der Waals surface area (Å²) in [5.74, 6) is 0.433. The van der Waals surface area contributed by atoms with Crippen molar-refractivity contribution in [1.29, 1.82) is 0 Å². The van der Waals surface area contributed by atoms with Gasteiger partial charge in [0.05, 0.1) is 23.0 Å². The molecular weight excluding hydrogens is 332 g/mol. The molecule has 0 radical (unpaired) electrons. The number of hydrogen-bond acceptors (Lipinski definition) is 6. The molecule has 23 heavy (non-hydrogen) atoms. The van der Waals surface area contributed by atoms with Crippen molar-refractivity contribution >= 4 is 21.2 Å². The molecular formula is C16H14N2O3S2. The van der Waals surface area contributed by atoms with Gasteiger partial charge in [-0.25, -0.2) is 13.4 Å². The molecule has 0 aliphatic heterocycles. The second-order valence-corrected chi connectivity index (χ2v) is 7.96. The minimum Gasteiger partial charge on any atom is -0.471 e. The lowest BCUT2D eigenvalue weighted by molar-refractivity contribution is 0.296. The molecule has 2 aromatic heterocycles. The van der Waals surface area contributed by atoms with Gasteiger partial charge in [-0.3, -0.25) is 4.98 Å². The van der Waals surface area contributed by atoms with Crippen LogP contribution in [0.3, 0.4) is 0 Å². The Balaban J connectivity index is 1.79. The van der Waals surface area contributed by atoms with E-state index in [1.807, 2.05) is 17.5 Å². The zero-order valence-corrected chi connectivity index (χ0v) is 14.0. The fourth-order valence-electron chi connectivity index (χ4n) is 1.97. The number of nitrogens with zero attached hydrogens (tertiary/aromatic N) is 2. The van der Waals surface area contributed by atoms with E-state index in [4.69, 9.17) is 4.74 Å². The van der Waals surface area contributed by atoms with E-state index in [9.17, 15) is 8.42 Å². The predicted molar refractivity (Wildman–Crippen MR) is 89.2 cm³/mol. The molecule has 0 aliphatic carbocycles. The van der Waals surface area contributed by atoms with E-state index in [0.29, 0.717) is 18.2 Å². The molecule has 0 bridgehead atoms. The number of benzene rings is 1. The van der Waals surface area contributed by atoms with Gasteiger partial charge < -0.3 is 4.74 Å². The number of aromatic nitrogens is 2. The number of thiophene rings is 1. The van der Waals surface area contributed by atoms with Crippen molar-refractivity contribution in [3.8, 4) is 17.1 Å². The van der Waals surface area contributed by atoms with Crippen LogP contribution in [0.4, 0.5) is 0 Å². The highest BCUT2D eigenvalue weighted by Gasteiger charge is 2.08. The van der Waals surface area contributed by atoms with Gasteiger partial charge in [-0.1, -0.05) is 18.2 Å². The van der Waals surface area contributed by atoms with Crippen LogP contribution in [0.5, 0.6) is 5.88 Å². The quantitative estimate of drug-likeness (QED) is 0.710. The van der Waals surface area contributed by atoms with Gasteiger partial charge in [0, 0.05) is 16.7 Å². The maximum Gasteiger partial charge on any atom is 0.233 e. The van der Waals surface area contributed by atoms with Crippen molar-refractivity contribution in [2.75, 3.05) is 6.26 Å². The van der Waals surface area contributed by atoms with E-state index in [1.54, 1.807) is 48.0 Å². The Morgan fingerprint density at radius 3 is 2.57 bits per heavy atom. The summed E-state index contributed by atoms with van der Waals surface area (Å²) in [6, 6.07) is 10.5. The van der Waals surface area contributed by atoms with Gasteiger partial charge in [0.25, 0.3) is 0 Å². The molecule has 0 amide bonds. The largest absolute Gasteiger partial charge is 0.471 e. The van der Waals surface area contributed by atoms with Crippen LogP contribution in [0.2, 0.25) is 0 Å². The molecule has 3 aromatic rings. The fourth-order valence-corrected chi connectivity index (χ4v) is 3.22. The van der Waals surface area contributed by atoms with Crippen molar-refractivity contribution in [3.63, 3.8) is 0 Å². The average Bonchev–Trinajstić information content (AvgIpc) is 3.06. The monoisotopic (exact) mass is 346 g/mol. The first-order valence-electron chi connectivity index (χ1n) is 6.80. The molecule has 0 atom stereocenters. The lowest BCUT2D eigenvalue weighted by atomic mass is 10.2. The Bertz CT molecular complexity index is 889. The van der Waals surface area contributed by atoms with Crippen LogP contribution in [0, 0.1) is 0 Å². The first-order chi connectivity index (χ1) is 11.0. The third kappa shape index (κ3) is 3.94. The van der Waals surface area contributed by atoms with Gasteiger partial charge in [-0.2, -0.15) is 0 Å². The predicted octanol–water partition coefficient (Wildman–Crippen LogP) is 3.19. The summed E-state index contributed by atoms with van der Waals surface area (Å²) in [6.45, 7) is 0.447. The van der Waals surface area contributed by atoms with Crippen molar-refractivity contribution in [2.24, 2.45) is 0 Å². The van der Waals surface area contributed by atoms with Crippen molar-refractivity contribution in [1.82, 2.24) is 9.97 Å². The summed E-state index contributed by atoms with van der Waals surface area (Å²) in [5, 5.41) is 1.99. The normalized spacial score (nSPS) is 11.3. The lowest BCUT2D eigenvalue weighted by Crippen LogP contribution is -1.98. The highest BCUT2D eigenvalue weighted by atomic mass is 32.2. The van der Waals surface area contributed by atoms with Gasteiger partial charge in [0.15, 0.2) is 9.84 Å². The summed E-state index contributed by atoms with van der Waals surface area (Å²) in [6.07, 6.45) is 4.36. The van der Waals surface area contributed by atoms with Gasteiger partial charge in [0.1, 0.15) is 6.61 Å². The maximum absolute atomic E-state index is 11.5. The van der Waals surface area contributed by atoms with Crippen LogP contribution >= 0.6 is 11.3 Å². The molecule has 0 saturated carbocycles. The molecule has 0 spiro atoms. The zero-order valence-electron chi connectivity index (χ0n) is 12.3. The summed E-state index contributed by atoms with van der Waals surface area (Å²) in [7, 11) is -3.20. The van der Waals surface area contributed by atoms with E-state index in [1.165, 1.54) is 6.26 Å². The van der Waals surface area contributed by atoms with E-state index in [0.717, 1.165) is 10.4 Å². The summed E-state index contributed by atoms with van der Waals surface area (Å²) in [5.41, 5.74) is 1.42. The van der Waals surface area contributed by atoms with Gasteiger partial charge >= 0.3 is 0 Å². The SMILES string of the molecule is CS(=O)(=O)c1ccc(-c2cncc(OCc3cccs3)n2)cc1. The van der Waals surface area contributed by atoms with E-state index >= 15 is 0 Å². The molecule has 0 unspecified atom stereocenters. The first kappa shape index (κ1) is 15.6. The smallest absolute Gasteiger partial charge is 0.233 e. The van der Waals surface area contributed by atoms with Crippen LogP contribution < -0.4 is 4.74 Å². The standard InChI is InChI=1S/C16H14N2O3S2/c1-23(19,20)14-6-4-12(5-7-14)15-9-17-10-16(18-15)21-11-13-3-2-8-22-13/h2-10H,11H2,1H3. The van der Waals surface area contributed by atoms with Gasteiger partial charge in [0.2, 0.25) is 5.88 Å². The minimum atomic E-state index is -3.20. The lowest BCUT2D eigenvalue weighted by Gasteiger charge is -2.06. The van der Waals surface area contributed by atoms with Crippen LogP contribution in [-0.4, -0.2) is 24.6 Å². The van der Waals surface area contributed by atoms with Crippen LogP contribution in [0.1, 0.15) is 4.88 Å². The Kier molecular flexibility index (Phi) is 4.40. The Hall–Kier alpha value is -2.25. The summed E-state index contributed by atoms with van der Waals surface area (Å²) in [4.78, 5) is 9.92. The molecule has 5 nitrogen and oxygen atoms in total. The molecule has 0 N–H and O–H groups in total. The number of ether oxygens (including phenoxy) is 1. The molecule has 7 heteroatoms. The Morgan fingerprint density at radius 1 is 1.13 bits per heavy atom. The number of sulfone groups is 1. The average molecular weight is 346 g/mol. The second kappa shape index (κ2) is 6.47. The van der Waals surface area contributed by atoms with Crippen LogP contribution in [0.25, 0.3) is 11.3 Å². The first-order valence-corrected chi connectivity index (χ1v) is 9.57. The van der Waals surface area contributed by atoms with Gasteiger partial charge in [-0.05, 0) is 23.6 Å². The Morgan fingerprint density at radius 2 is 1.91 bits per heavy atom. The molecule has 1 aromatic carbocycles. The van der Waals surface area contributed by atoms with Gasteiger partial charge in [-0.15, -0.1) is 11.3 Å². The van der Waals surface area contributed by atoms with Crippen molar-refractivity contribution in [3.05, 3.63) is 59.0 Å². The molecule has 2 heterocycles. The third-order valence-corrected chi connectivity index (χ3v) is 5.11. The summed E-state index contributed by atoms with van der Waals surface area (Å²) >= 11 is 1.62. The molecule has 0 aliphatic rings. The summed E-state index contributed by atoms with van der Waals surface area (Å²) < 4.78 is 28.6. The second-order valence-electron chi connectivity index (χ2n) is 4.91. The van der Waals surface area contributed by atoms with E-state index in [2.05, 4.69) is 9.97 Å². The third-order valence-electron chi connectivity index (χ3n) is 3.13. The highest BCUT2D eigenvalue weighted by molar-refractivity contribution is 7.90. The number of hydrogen-bond donors (Lipinski definition) is 0. The molecule has 0 fully saturated rings. The van der Waals surface area contributed by atoms with Crippen molar-refractivity contribution in [2.45, 2.75) is 11.5 Å². The fraction of sp³-hybridized carbons (Fsp3) is 0.125. The number of rotatable bonds is 5. The topological polar surface area (TPSA) is 69.2 Å². The zero-order chi connectivity index (χ0) is 16.3. The Labute approximate surface area is 138 Å². The van der Waals surface area contributed by atoms with Crippen LogP contribution in [0.15, 0.2) is 59.1 Å².